The number of hydrogen-bond acceptors (Lipinski definition) is 4. The van der Waals surface area contributed by atoms with E-state index in [0.29, 0.717) is 16.5 Å². The largest absolute Gasteiger partial charge is 0.338 e. The van der Waals surface area contributed by atoms with Gasteiger partial charge in [0.05, 0.1) is 16.1 Å². The van der Waals surface area contributed by atoms with Gasteiger partial charge < -0.3 is 5.32 Å². The van der Waals surface area contributed by atoms with Crippen LogP contribution in [-0.4, -0.2) is 9.97 Å². The van der Waals surface area contributed by atoms with Crippen LogP contribution in [0.4, 0.5) is 11.5 Å². The summed E-state index contributed by atoms with van der Waals surface area (Å²) in [5.74, 6) is 1.53. The molecule has 2 aromatic carbocycles. The lowest BCUT2D eigenvalue weighted by Crippen LogP contribution is -2.02. The lowest BCUT2D eigenvalue weighted by molar-refractivity contribution is 1.000. The van der Waals surface area contributed by atoms with E-state index in [1.807, 2.05) is 24.3 Å². The van der Waals surface area contributed by atoms with Gasteiger partial charge in [-0.2, -0.15) is 0 Å². The molecule has 0 aliphatic rings. The maximum atomic E-state index is 6.32. The van der Waals surface area contributed by atoms with E-state index in [9.17, 15) is 0 Å². The quantitative estimate of drug-likeness (QED) is 0.417. The molecule has 0 saturated carbocycles. The van der Waals surface area contributed by atoms with Crippen LogP contribution in [0.3, 0.4) is 0 Å². The molecule has 1 N–H and O–H groups in total. The molecular weight excluding hydrogens is 385 g/mol. The summed E-state index contributed by atoms with van der Waals surface area (Å²) in [5.41, 5.74) is 1.95. The zero-order chi connectivity index (χ0) is 18.1. The molecule has 0 aliphatic heterocycles. The maximum Gasteiger partial charge on any atom is 0.142 e. The highest BCUT2D eigenvalue weighted by molar-refractivity contribution is 7.18. The Morgan fingerprint density at radius 3 is 2.58 bits per heavy atom. The summed E-state index contributed by atoms with van der Waals surface area (Å²) in [5, 5.41) is 5.50. The fraction of sp³-hybridized carbons (Fsp3) is 0.100. The number of thiophene rings is 1. The number of nitrogens with one attached hydrogen (secondary N) is 1. The zero-order valence-electron chi connectivity index (χ0n) is 14.0. The number of rotatable bonds is 4. The topological polar surface area (TPSA) is 37.8 Å². The van der Waals surface area contributed by atoms with Crippen molar-refractivity contribution < 1.29 is 0 Å². The Balaban J connectivity index is 1.76. The summed E-state index contributed by atoms with van der Waals surface area (Å²) in [7, 11) is 0. The number of anilines is 2. The third kappa shape index (κ3) is 3.68. The van der Waals surface area contributed by atoms with Gasteiger partial charge in [0.2, 0.25) is 0 Å². The third-order valence-corrected chi connectivity index (χ3v) is 5.44. The van der Waals surface area contributed by atoms with Gasteiger partial charge in [0, 0.05) is 16.3 Å². The van der Waals surface area contributed by atoms with E-state index in [0.717, 1.165) is 27.5 Å². The van der Waals surface area contributed by atoms with E-state index >= 15 is 0 Å². The Morgan fingerprint density at radius 1 is 1.00 bits per heavy atom. The molecular formula is C20H15Cl2N3S. The van der Waals surface area contributed by atoms with Gasteiger partial charge in [-0.3, -0.25) is 0 Å². The van der Waals surface area contributed by atoms with E-state index < -0.39 is 0 Å². The summed E-state index contributed by atoms with van der Waals surface area (Å²) in [6.07, 6.45) is 0.677. The Bertz CT molecular complexity index is 1080. The van der Waals surface area contributed by atoms with Crippen molar-refractivity contribution >= 4 is 56.3 Å². The number of hydrogen-bond donors (Lipinski definition) is 1. The van der Waals surface area contributed by atoms with Crippen LogP contribution in [0.5, 0.6) is 0 Å². The second-order valence-electron chi connectivity index (χ2n) is 5.98. The summed E-state index contributed by atoms with van der Waals surface area (Å²) < 4.78 is 0. The van der Waals surface area contributed by atoms with Crippen molar-refractivity contribution in [3.8, 4) is 0 Å². The molecule has 0 amide bonds. The molecule has 130 valence electrons. The van der Waals surface area contributed by atoms with Gasteiger partial charge in [-0.1, -0.05) is 53.5 Å². The fourth-order valence-corrected chi connectivity index (χ4v) is 4.11. The molecule has 0 unspecified atom stereocenters. The first-order valence-electron chi connectivity index (χ1n) is 8.11. The summed E-state index contributed by atoms with van der Waals surface area (Å²) in [6, 6.07) is 17.7. The summed E-state index contributed by atoms with van der Waals surface area (Å²) in [6.45, 7) is 2.07. The molecule has 0 bridgehead atoms. The van der Waals surface area contributed by atoms with E-state index in [1.165, 1.54) is 10.4 Å². The first-order valence-corrected chi connectivity index (χ1v) is 9.69. The third-order valence-electron chi connectivity index (χ3n) is 3.95. The van der Waals surface area contributed by atoms with Crippen LogP contribution in [-0.2, 0) is 6.42 Å². The standard InChI is InChI=1S/C20H15Cl2N3S/c1-12-9-15-19(23-17-8-7-14(21)11-16(17)22)24-18(25-20(15)26-12)10-13-5-3-2-4-6-13/h2-9,11H,10H2,1H3,(H,23,24,25). The van der Waals surface area contributed by atoms with Crippen molar-refractivity contribution in [1.82, 2.24) is 9.97 Å². The van der Waals surface area contributed by atoms with E-state index in [2.05, 4.69) is 30.4 Å². The number of benzene rings is 2. The fourth-order valence-electron chi connectivity index (χ4n) is 2.76. The smallest absolute Gasteiger partial charge is 0.142 e. The van der Waals surface area contributed by atoms with Gasteiger partial charge >= 0.3 is 0 Å². The maximum absolute atomic E-state index is 6.32. The normalized spacial score (nSPS) is 11.0. The Hall–Kier alpha value is -2.14. The van der Waals surface area contributed by atoms with Gasteiger partial charge in [-0.25, -0.2) is 9.97 Å². The minimum atomic E-state index is 0.556. The number of nitrogens with zero attached hydrogens (tertiary/aromatic N) is 2. The van der Waals surface area contributed by atoms with Crippen LogP contribution in [0.1, 0.15) is 16.3 Å². The first-order chi connectivity index (χ1) is 12.6. The van der Waals surface area contributed by atoms with Gasteiger partial charge in [-0.05, 0) is 36.8 Å². The first kappa shape index (κ1) is 17.3. The molecule has 0 radical (unpaired) electrons. The molecule has 3 nitrogen and oxygen atoms in total. The Morgan fingerprint density at radius 2 is 1.81 bits per heavy atom. The second kappa shape index (κ2) is 7.23. The van der Waals surface area contributed by atoms with Gasteiger partial charge in [0.1, 0.15) is 16.5 Å². The molecule has 6 heteroatoms. The van der Waals surface area contributed by atoms with Crippen molar-refractivity contribution in [2.75, 3.05) is 5.32 Å². The van der Waals surface area contributed by atoms with Crippen LogP contribution in [0.2, 0.25) is 10.0 Å². The minimum absolute atomic E-state index is 0.556. The van der Waals surface area contributed by atoms with Crippen molar-refractivity contribution in [3.05, 3.63) is 80.9 Å². The highest BCUT2D eigenvalue weighted by atomic mass is 35.5. The number of aromatic nitrogens is 2. The lowest BCUT2D eigenvalue weighted by Gasteiger charge is -2.11. The van der Waals surface area contributed by atoms with Gasteiger partial charge in [-0.15, -0.1) is 11.3 Å². The Labute approximate surface area is 165 Å². The van der Waals surface area contributed by atoms with Crippen LogP contribution in [0.25, 0.3) is 10.2 Å². The Kier molecular flexibility index (Phi) is 4.81. The lowest BCUT2D eigenvalue weighted by atomic mass is 10.1. The molecule has 0 fully saturated rings. The van der Waals surface area contributed by atoms with Crippen molar-refractivity contribution in [3.63, 3.8) is 0 Å². The highest BCUT2D eigenvalue weighted by Crippen LogP contribution is 2.33. The molecule has 0 spiro atoms. The molecule has 4 aromatic rings. The number of halogens is 2. The average molecular weight is 400 g/mol. The molecule has 2 heterocycles. The molecule has 0 saturated heterocycles. The van der Waals surface area contributed by atoms with E-state index in [4.69, 9.17) is 33.2 Å². The van der Waals surface area contributed by atoms with Crippen molar-refractivity contribution in [2.45, 2.75) is 13.3 Å². The average Bonchev–Trinajstić information content (AvgIpc) is 2.99. The second-order valence-corrected chi connectivity index (χ2v) is 8.05. The summed E-state index contributed by atoms with van der Waals surface area (Å²) >= 11 is 14.0. The minimum Gasteiger partial charge on any atom is -0.338 e. The van der Waals surface area contributed by atoms with Crippen molar-refractivity contribution in [2.24, 2.45) is 0 Å². The molecule has 26 heavy (non-hydrogen) atoms. The monoisotopic (exact) mass is 399 g/mol. The van der Waals surface area contributed by atoms with Crippen molar-refractivity contribution in [1.29, 1.82) is 0 Å². The van der Waals surface area contributed by atoms with E-state index in [-0.39, 0.29) is 0 Å². The molecule has 2 aromatic heterocycles. The van der Waals surface area contributed by atoms with Crippen LogP contribution in [0.15, 0.2) is 54.6 Å². The van der Waals surface area contributed by atoms with Crippen LogP contribution >= 0.6 is 34.5 Å². The number of fused-ring (bicyclic) bond motifs is 1. The SMILES string of the molecule is Cc1cc2c(Nc3ccc(Cl)cc3Cl)nc(Cc3ccccc3)nc2s1. The van der Waals surface area contributed by atoms with Crippen LogP contribution < -0.4 is 5.32 Å². The predicted octanol–water partition coefficient (Wildman–Crippen LogP) is 6.64. The predicted molar refractivity (Wildman–Crippen MR) is 111 cm³/mol. The van der Waals surface area contributed by atoms with Gasteiger partial charge in [0.15, 0.2) is 0 Å². The summed E-state index contributed by atoms with van der Waals surface area (Å²) in [4.78, 5) is 11.7. The van der Waals surface area contributed by atoms with Gasteiger partial charge in [0.25, 0.3) is 0 Å². The van der Waals surface area contributed by atoms with Crippen LogP contribution in [0, 0.1) is 6.92 Å². The zero-order valence-corrected chi connectivity index (χ0v) is 16.3. The number of aryl methyl sites for hydroxylation is 1. The molecule has 0 atom stereocenters. The highest BCUT2D eigenvalue weighted by Gasteiger charge is 2.13. The van der Waals surface area contributed by atoms with E-state index in [1.54, 1.807) is 23.5 Å². The molecule has 0 aliphatic carbocycles. The molecule has 4 rings (SSSR count).